The van der Waals surface area contributed by atoms with Crippen LogP contribution in [0, 0.1) is 0 Å². The molecule has 4 rings (SSSR count). The summed E-state index contributed by atoms with van der Waals surface area (Å²) < 4.78 is 5.12. The normalized spacial score (nSPS) is 13.9. The van der Waals surface area contributed by atoms with E-state index in [0.717, 1.165) is 23.4 Å². The molecule has 0 amide bonds. The summed E-state index contributed by atoms with van der Waals surface area (Å²) in [6.45, 7) is 1.80. The van der Waals surface area contributed by atoms with Crippen LogP contribution in [0.4, 0.5) is 0 Å². The SMILES string of the molecule is COc1ccc(CN2CCc3nc(-c4ccc(Cl)cc4)[nH]c(=O)c3C2)c(O)c1. The number of hydrogen-bond donors (Lipinski definition) is 2. The van der Waals surface area contributed by atoms with Crippen molar-refractivity contribution in [2.75, 3.05) is 13.7 Å². The predicted octanol–water partition coefficient (Wildman–Crippen LogP) is 3.36. The molecular formula is C21H20ClN3O3. The molecule has 0 aliphatic carbocycles. The third-order valence-corrected chi connectivity index (χ3v) is 5.20. The molecule has 0 saturated heterocycles. The number of H-pyrrole nitrogens is 1. The minimum atomic E-state index is -0.126. The quantitative estimate of drug-likeness (QED) is 0.705. The molecule has 0 spiro atoms. The Labute approximate surface area is 167 Å². The Bertz CT molecular complexity index is 1060. The maximum atomic E-state index is 12.7. The number of phenolic OH excluding ortho intramolecular Hbond substituents is 1. The van der Waals surface area contributed by atoms with E-state index in [2.05, 4.69) is 14.9 Å². The summed E-state index contributed by atoms with van der Waals surface area (Å²) in [7, 11) is 1.56. The molecule has 3 aromatic rings. The molecule has 1 aliphatic rings. The van der Waals surface area contributed by atoms with E-state index in [4.69, 9.17) is 16.3 Å². The van der Waals surface area contributed by atoms with Gasteiger partial charge >= 0.3 is 0 Å². The molecule has 2 aromatic carbocycles. The van der Waals surface area contributed by atoms with Crippen LogP contribution in [0.1, 0.15) is 16.8 Å². The van der Waals surface area contributed by atoms with Crippen molar-refractivity contribution in [2.45, 2.75) is 19.5 Å². The Morgan fingerprint density at radius 1 is 1.25 bits per heavy atom. The number of ether oxygens (including phenoxy) is 1. The van der Waals surface area contributed by atoms with Gasteiger partial charge in [-0.2, -0.15) is 0 Å². The van der Waals surface area contributed by atoms with E-state index >= 15 is 0 Å². The fourth-order valence-electron chi connectivity index (χ4n) is 3.41. The van der Waals surface area contributed by atoms with Crippen LogP contribution in [0.3, 0.4) is 0 Å². The minimum absolute atomic E-state index is 0.126. The number of methoxy groups -OCH3 is 1. The monoisotopic (exact) mass is 397 g/mol. The van der Waals surface area contributed by atoms with Gasteiger partial charge < -0.3 is 14.8 Å². The summed E-state index contributed by atoms with van der Waals surface area (Å²) in [6, 6.07) is 12.5. The van der Waals surface area contributed by atoms with Gasteiger partial charge in [0.25, 0.3) is 5.56 Å². The Hall–Kier alpha value is -2.83. The lowest BCUT2D eigenvalue weighted by Gasteiger charge is -2.28. The first-order chi connectivity index (χ1) is 13.5. The molecule has 28 heavy (non-hydrogen) atoms. The van der Waals surface area contributed by atoms with Crippen LogP contribution >= 0.6 is 11.6 Å². The third kappa shape index (κ3) is 3.74. The number of nitrogens with zero attached hydrogens (tertiary/aromatic N) is 2. The highest BCUT2D eigenvalue weighted by Gasteiger charge is 2.22. The molecule has 1 aromatic heterocycles. The summed E-state index contributed by atoms with van der Waals surface area (Å²) in [4.78, 5) is 22.3. The van der Waals surface area contributed by atoms with Crippen molar-refractivity contribution in [3.8, 4) is 22.9 Å². The first-order valence-corrected chi connectivity index (χ1v) is 9.37. The van der Waals surface area contributed by atoms with Gasteiger partial charge in [0.05, 0.1) is 18.4 Å². The van der Waals surface area contributed by atoms with Crippen LogP contribution in [0.25, 0.3) is 11.4 Å². The molecule has 2 heterocycles. The van der Waals surface area contributed by atoms with Gasteiger partial charge in [0.2, 0.25) is 0 Å². The van der Waals surface area contributed by atoms with Crippen molar-refractivity contribution in [1.82, 2.24) is 14.9 Å². The third-order valence-electron chi connectivity index (χ3n) is 4.95. The molecule has 0 radical (unpaired) electrons. The molecular weight excluding hydrogens is 378 g/mol. The molecule has 2 N–H and O–H groups in total. The number of phenols is 1. The average Bonchev–Trinajstić information content (AvgIpc) is 2.70. The molecule has 1 aliphatic heterocycles. The lowest BCUT2D eigenvalue weighted by Crippen LogP contribution is -2.35. The van der Waals surface area contributed by atoms with Crippen LogP contribution in [0.15, 0.2) is 47.3 Å². The van der Waals surface area contributed by atoms with E-state index in [1.165, 1.54) is 0 Å². The van der Waals surface area contributed by atoms with Crippen molar-refractivity contribution < 1.29 is 9.84 Å². The van der Waals surface area contributed by atoms with Gasteiger partial charge in [-0.25, -0.2) is 4.98 Å². The van der Waals surface area contributed by atoms with E-state index in [0.29, 0.717) is 41.7 Å². The van der Waals surface area contributed by atoms with Crippen LogP contribution in [-0.2, 0) is 19.5 Å². The topological polar surface area (TPSA) is 78.5 Å². The summed E-state index contributed by atoms with van der Waals surface area (Å²) in [5.74, 6) is 1.36. The summed E-state index contributed by atoms with van der Waals surface area (Å²) in [6.07, 6.45) is 0.677. The molecule has 7 heteroatoms. The van der Waals surface area contributed by atoms with Gasteiger partial charge in [-0.15, -0.1) is 0 Å². The van der Waals surface area contributed by atoms with Gasteiger partial charge in [0, 0.05) is 48.3 Å². The van der Waals surface area contributed by atoms with Crippen molar-refractivity contribution in [1.29, 1.82) is 0 Å². The molecule has 0 bridgehead atoms. The van der Waals surface area contributed by atoms with Crippen molar-refractivity contribution >= 4 is 11.6 Å². The lowest BCUT2D eigenvalue weighted by atomic mass is 10.0. The van der Waals surface area contributed by atoms with Gasteiger partial charge in [-0.05, 0) is 30.3 Å². The first-order valence-electron chi connectivity index (χ1n) is 9.00. The zero-order valence-corrected chi connectivity index (χ0v) is 16.2. The summed E-state index contributed by atoms with van der Waals surface area (Å²) >= 11 is 5.93. The predicted molar refractivity (Wildman–Crippen MR) is 108 cm³/mol. The Balaban J connectivity index is 1.56. The van der Waals surface area contributed by atoms with E-state index in [9.17, 15) is 9.90 Å². The Morgan fingerprint density at radius 2 is 2.04 bits per heavy atom. The Kier molecular flexibility index (Phi) is 5.07. The van der Waals surface area contributed by atoms with Crippen LogP contribution in [-0.4, -0.2) is 33.6 Å². The van der Waals surface area contributed by atoms with E-state index in [1.807, 2.05) is 24.3 Å². The number of aromatic hydroxyl groups is 1. The van der Waals surface area contributed by atoms with Gasteiger partial charge in [-0.3, -0.25) is 9.69 Å². The smallest absolute Gasteiger partial charge is 0.255 e. The molecule has 0 saturated carbocycles. The number of aromatic amines is 1. The minimum Gasteiger partial charge on any atom is -0.507 e. The van der Waals surface area contributed by atoms with Gasteiger partial charge in [0.15, 0.2) is 0 Å². The fraction of sp³-hybridized carbons (Fsp3) is 0.238. The summed E-state index contributed by atoms with van der Waals surface area (Å²) in [5, 5.41) is 10.8. The highest BCUT2D eigenvalue weighted by molar-refractivity contribution is 6.30. The summed E-state index contributed by atoms with van der Waals surface area (Å²) in [5.41, 5.74) is 3.00. The van der Waals surface area contributed by atoms with Crippen molar-refractivity contribution in [2.24, 2.45) is 0 Å². The number of aromatic nitrogens is 2. The first kappa shape index (κ1) is 18.5. The number of rotatable bonds is 4. The van der Waals surface area contributed by atoms with Gasteiger partial charge in [0.1, 0.15) is 17.3 Å². The average molecular weight is 398 g/mol. The second-order valence-electron chi connectivity index (χ2n) is 6.80. The second-order valence-corrected chi connectivity index (χ2v) is 7.24. The zero-order chi connectivity index (χ0) is 19.7. The zero-order valence-electron chi connectivity index (χ0n) is 15.4. The van der Waals surface area contributed by atoms with E-state index in [1.54, 1.807) is 25.3 Å². The van der Waals surface area contributed by atoms with Crippen LogP contribution in [0.2, 0.25) is 5.02 Å². The molecule has 144 valence electrons. The van der Waals surface area contributed by atoms with Crippen molar-refractivity contribution in [3.63, 3.8) is 0 Å². The molecule has 0 atom stereocenters. The largest absolute Gasteiger partial charge is 0.507 e. The molecule has 0 fully saturated rings. The number of halogens is 1. The number of nitrogens with one attached hydrogen (secondary N) is 1. The second kappa shape index (κ2) is 7.66. The fourth-order valence-corrected chi connectivity index (χ4v) is 3.53. The lowest BCUT2D eigenvalue weighted by molar-refractivity contribution is 0.238. The maximum Gasteiger partial charge on any atom is 0.255 e. The number of benzene rings is 2. The van der Waals surface area contributed by atoms with Crippen molar-refractivity contribution in [3.05, 3.63) is 74.7 Å². The standard InChI is InChI=1S/C21H20ClN3O3/c1-28-16-7-4-14(19(26)10-16)11-25-9-8-18-17(12-25)21(27)24-20(23-18)13-2-5-15(22)6-3-13/h2-7,10,26H,8-9,11-12H2,1H3,(H,23,24,27). The number of hydrogen-bond acceptors (Lipinski definition) is 5. The Morgan fingerprint density at radius 3 is 2.75 bits per heavy atom. The van der Waals surface area contributed by atoms with Crippen LogP contribution < -0.4 is 10.3 Å². The highest BCUT2D eigenvalue weighted by atomic mass is 35.5. The van der Waals surface area contributed by atoms with E-state index < -0.39 is 0 Å². The molecule has 6 nitrogen and oxygen atoms in total. The number of fused-ring (bicyclic) bond motifs is 1. The van der Waals surface area contributed by atoms with Crippen LogP contribution in [0.5, 0.6) is 11.5 Å². The highest BCUT2D eigenvalue weighted by Crippen LogP contribution is 2.26. The maximum absolute atomic E-state index is 12.7. The van der Waals surface area contributed by atoms with Gasteiger partial charge in [-0.1, -0.05) is 17.7 Å². The van der Waals surface area contributed by atoms with E-state index in [-0.39, 0.29) is 11.3 Å². The molecule has 0 unspecified atom stereocenters.